The van der Waals surface area contributed by atoms with Gasteiger partial charge in [-0.3, -0.25) is 0 Å². The molecular formula is C18H27N5. The molecule has 23 heavy (non-hydrogen) atoms. The number of hydrogen-bond donors (Lipinski definition) is 1. The van der Waals surface area contributed by atoms with Gasteiger partial charge in [0.25, 0.3) is 0 Å². The molecule has 124 valence electrons. The molecular weight excluding hydrogens is 286 g/mol. The molecule has 5 nitrogen and oxygen atoms in total. The van der Waals surface area contributed by atoms with Gasteiger partial charge in [0.1, 0.15) is 5.82 Å². The zero-order valence-corrected chi connectivity index (χ0v) is 14.6. The van der Waals surface area contributed by atoms with E-state index in [0.29, 0.717) is 0 Å². The maximum absolute atomic E-state index is 4.76. The topological polar surface area (TPSA) is 34.6 Å². The number of benzene rings is 1. The first-order chi connectivity index (χ1) is 11.1. The van der Waals surface area contributed by atoms with Crippen LogP contribution in [-0.4, -0.2) is 59.4 Å². The molecule has 1 saturated heterocycles. The third-order valence-electron chi connectivity index (χ3n) is 4.45. The number of rotatable bonds is 3. The molecule has 1 aliphatic rings. The van der Waals surface area contributed by atoms with Crippen molar-refractivity contribution in [3.8, 4) is 0 Å². The van der Waals surface area contributed by atoms with Gasteiger partial charge in [-0.2, -0.15) is 0 Å². The van der Waals surface area contributed by atoms with E-state index in [1.165, 1.54) is 28.6 Å². The van der Waals surface area contributed by atoms with Crippen molar-refractivity contribution in [2.45, 2.75) is 6.42 Å². The molecule has 3 rings (SSSR count). The fourth-order valence-corrected chi connectivity index (χ4v) is 3.18. The highest BCUT2D eigenvalue weighted by Crippen LogP contribution is 2.34. The van der Waals surface area contributed by atoms with Crippen molar-refractivity contribution in [1.29, 1.82) is 0 Å². The van der Waals surface area contributed by atoms with Gasteiger partial charge in [0.2, 0.25) is 0 Å². The zero-order chi connectivity index (χ0) is 16.4. The average molecular weight is 313 g/mol. The highest BCUT2D eigenvalue weighted by Gasteiger charge is 2.16. The van der Waals surface area contributed by atoms with Crippen molar-refractivity contribution in [1.82, 2.24) is 10.3 Å². The average Bonchev–Trinajstić information content (AvgIpc) is 2.82. The summed E-state index contributed by atoms with van der Waals surface area (Å²) in [5, 5.41) is 5.98. The lowest BCUT2D eigenvalue weighted by Crippen LogP contribution is -2.28. The summed E-state index contributed by atoms with van der Waals surface area (Å²) in [6.07, 6.45) is 3.21. The van der Waals surface area contributed by atoms with Crippen LogP contribution in [0, 0.1) is 0 Å². The first-order valence-corrected chi connectivity index (χ1v) is 8.31. The van der Waals surface area contributed by atoms with Crippen LogP contribution in [0.2, 0.25) is 0 Å². The van der Waals surface area contributed by atoms with Crippen molar-refractivity contribution in [2.24, 2.45) is 0 Å². The molecule has 0 atom stereocenters. The SMILES string of the molecule is CN(C)c1ccc2c(N3CCCNCC3)cnc(N(C)C)c2c1. The summed E-state index contributed by atoms with van der Waals surface area (Å²) in [6.45, 7) is 4.25. The van der Waals surface area contributed by atoms with Crippen LogP contribution in [0.3, 0.4) is 0 Å². The van der Waals surface area contributed by atoms with Crippen molar-refractivity contribution < 1.29 is 0 Å². The predicted octanol–water partition coefficient (Wildman–Crippen LogP) is 2.17. The predicted molar refractivity (Wildman–Crippen MR) is 100 cm³/mol. The second-order valence-electron chi connectivity index (χ2n) is 6.58. The Morgan fingerprint density at radius 1 is 1.00 bits per heavy atom. The Morgan fingerprint density at radius 2 is 1.83 bits per heavy atom. The number of anilines is 3. The van der Waals surface area contributed by atoms with Crippen LogP contribution in [0.5, 0.6) is 0 Å². The minimum Gasteiger partial charge on any atom is -0.378 e. The van der Waals surface area contributed by atoms with Crippen molar-refractivity contribution in [2.75, 3.05) is 69.1 Å². The smallest absolute Gasteiger partial charge is 0.136 e. The van der Waals surface area contributed by atoms with Gasteiger partial charge >= 0.3 is 0 Å². The van der Waals surface area contributed by atoms with E-state index in [9.17, 15) is 0 Å². The van der Waals surface area contributed by atoms with E-state index in [4.69, 9.17) is 4.98 Å². The Hall–Kier alpha value is -2.01. The van der Waals surface area contributed by atoms with Crippen LogP contribution in [-0.2, 0) is 0 Å². The van der Waals surface area contributed by atoms with E-state index in [-0.39, 0.29) is 0 Å². The molecule has 0 bridgehead atoms. The molecule has 0 unspecified atom stereocenters. The molecule has 1 fully saturated rings. The van der Waals surface area contributed by atoms with Gasteiger partial charge in [0.15, 0.2) is 0 Å². The van der Waals surface area contributed by atoms with Gasteiger partial charge in [0, 0.05) is 64.3 Å². The number of fused-ring (bicyclic) bond motifs is 1. The molecule has 1 aromatic heterocycles. The first-order valence-electron chi connectivity index (χ1n) is 8.31. The highest BCUT2D eigenvalue weighted by atomic mass is 15.2. The zero-order valence-electron chi connectivity index (χ0n) is 14.6. The van der Waals surface area contributed by atoms with Gasteiger partial charge < -0.3 is 20.0 Å². The summed E-state index contributed by atoms with van der Waals surface area (Å²) in [4.78, 5) is 11.5. The second kappa shape index (κ2) is 6.62. The van der Waals surface area contributed by atoms with Crippen molar-refractivity contribution in [3.05, 3.63) is 24.4 Å². The van der Waals surface area contributed by atoms with Gasteiger partial charge in [-0.05, 0) is 25.1 Å². The Bertz CT molecular complexity index is 672. The summed E-state index contributed by atoms with van der Waals surface area (Å²) in [6, 6.07) is 6.69. The number of nitrogens with zero attached hydrogens (tertiary/aromatic N) is 4. The van der Waals surface area contributed by atoms with Gasteiger partial charge in [0.05, 0.1) is 11.9 Å². The maximum Gasteiger partial charge on any atom is 0.136 e. The Morgan fingerprint density at radius 3 is 2.57 bits per heavy atom. The molecule has 1 aliphatic heterocycles. The Balaban J connectivity index is 2.14. The molecule has 1 aromatic carbocycles. The third-order valence-corrected chi connectivity index (χ3v) is 4.45. The van der Waals surface area contributed by atoms with Crippen LogP contribution >= 0.6 is 0 Å². The molecule has 0 aliphatic carbocycles. The normalized spacial score (nSPS) is 15.6. The fraction of sp³-hybridized carbons (Fsp3) is 0.500. The molecule has 0 saturated carbocycles. The number of aromatic nitrogens is 1. The molecule has 2 heterocycles. The van der Waals surface area contributed by atoms with E-state index in [2.05, 4.69) is 66.4 Å². The van der Waals surface area contributed by atoms with E-state index >= 15 is 0 Å². The molecule has 1 N–H and O–H groups in total. The van der Waals surface area contributed by atoms with Crippen molar-refractivity contribution in [3.63, 3.8) is 0 Å². The lowest BCUT2D eigenvalue weighted by Gasteiger charge is -2.26. The molecule has 2 aromatic rings. The number of pyridine rings is 1. The van der Waals surface area contributed by atoms with Gasteiger partial charge in [-0.15, -0.1) is 0 Å². The van der Waals surface area contributed by atoms with E-state index in [1.54, 1.807) is 0 Å². The summed E-state index contributed by atoms with van der Waals surface area (Å²) >= 11 is 0. The third kappa shape index (κ3) is 3.20. The van der Waals surface area contributed by atoms with Crippen LogP contribution in [0.4, 0.5) is 17.2 Å². The fourth-order valence-electron chi connectivity index (χ4n) is 3.18. The lowest BCUT2D eigenvalue weighted by molar-refractivity contribution is 0.724. The minimum atomic E-state index is 1.03. The number of nitrogens with one attached hydrogen (secondary N) is 1. The lowest BCUT2D eigenvalue weighted by atomic mass is 10.1. The summed E-state index contributed by atoms with van der Waals surface area (Å²) in [5.74, 6) is 1.03. The minimum absolute atomic E-state index is 1.03. The van der Waals surface area contributed by atoms with Gasteiger partial charge in [-0.1, -0.05) is 6.07 Å². The largest absolute Gasteiger partial charge is 0.378 e. The van der Waals surface area contributed by atoms with Crippen LogP contribution in [0.1, 0.15) is 6.42 Å². The summed E-state index contributed by atoms with van der Waals surface area (Å²) in [5.41, 5.74) is 2.46. The summed E-state index contributed by atoms with van der Waals surface area (Å²) in [7, 11) is 8.27. The number of hydrogen-bond acceptors (Lipinski definition) is 5. The van der Waals surface area contributed by atoms with E-state index < -0.39 is 0 Å². The van der Waals surface area contributed by atoms with Crippen molar-refractivity contribution >= 4 is 28.0 Å². The van der Waals surface area contributed by atoms with Gasteiger partial charge in [-0.25, -0.2) is 4.98 Å². The maximum atomic E-state index is 4.76. The second-order valence-corrected chi connectivity index (χ2v) is 6.58. The Kier molecular flexibility index (Phi) is 4.57. The Labute approximate surface area is 138 Å². The van der Waals surface area contributed by atoms with E-state index in [0.717, 1.165) is 32.0 Å². The standard InChI is InChI=1S/C18H27N5/c1-21(2)14-6-7-15-16(12-14)18(22(3)4)20-13-17(15)23-10-5-8-19-9-11-23/h6-7,12-13,19H,5,8-11H2,1-4H3. The summed E-state index contributed by atoms with van der Waals surface area (Å²) < 4.78 is 0. The quantitative estimate of drug-likeness (QED) is 0.939. The van der Waals surface area contributed by atoms with Crippen LogP contribution in [0.25, 0.3) is 10.8 Å². The molecule has 0 radical (unpaired) electrons. The van der Waals surface area contributed by atoms with Crippen LogP contribution in [0.15, 0.2) is 24.4 Å². The van der Waals surface area contributed by atoms with Crippen LogP contribution < -0.4 is 20.0 Å². The van der Waals surface area contributed by atoms with E-state index in [1.807, 2.05) is 6.20 Å². The molecule has 5 heteroatoms. The first kappa shape index (κ1) is 15.9. The highest BCUT2D eigenvalue weighted by molar-refractivity contribution is 6.02. The molecule has 0 amide bonds. The monoisotopic (exact) mass is 313 g/mol. The molecule has 0 spiro atoms.